The molecule has 1 aromatic heterocycles. The Morgan fingerprint density at radius 2 is 1.67 bits per heavy atom. The van der Waals surface area contributed by atoms with Crippen molar-refractivity contribution < 1.29 is 0 Å². The Morgan fingerprint density at radius 3 is 1.93 bits per heavy atom. The van der Waals surface area contributed by atoms with Crippen LogP contribution in [0, 0.1) is 0 Å². The van der Waals surface area contributed by atoms with Crippen molar-refractivity contribution in [2.24, 2.45) is 0 Å². The predicted octanol–water partition coefficient (Wildman–Crippen LogP) is 4.69. The number of rotatable bonds is 2. The van der Waals surface area contributed by atoms with Crippen molar-refractivity contribution in [2.45, 2.75) is 54.9 Å². The Bertz CT molecular complexity index is 202. The lowest BCUT2D eigenvalue weighted by atomic mass is 10.3. The Labute approximate surface area is 95.8 Å². The average Bonchev–Trinajstić information content (AvgIpc) is 2.84. The monoisotopic (exact) mass is 212 g/mol. The molecule has 0 aliphatic carbocycles. The highest BCUT2D eigenvalue weighted by Gasteiger charge is 1.95. The largest absolute Gasteiger partial charge is 0.348 e. The zero-order chi connectivity index (χ0) is 12.7. The maximum atomic E-state index is 4.03. The summed E-state index contributed by atoms with van der Waals surface area (Å²) in [7, 11) is 0. The van der Waals surface area contributed by atoms with Gasteiger partial charge in [0, 0.05) is 5.69 Å². The maximum Gasteiger partial charge on any atom is 0.0929 e. The summed E-state index contributed by atoms with van der Waals surface area (Å²) in [6.07, 6.45) is 4.44. The summed E-state index contributed by atoms with van der Waals surface area (Å²) in [5, 5.41) is 0. The maximum absolute atomic E-state index is 4.03. The molecule has 0 unspecified atom stereocenters. The summed E-state index contributed by atoms with van der Waals surface area (Å²) >= 11 is 0. The lowest BCUT2D eigenvalue weighted by Crippen LogP contribution is -1.81. The smallest absolute Gasteiger partial charge is 0.0929 e. The number of aromatic amines is 1. The van der Waals surface area contributed by atoms with Gasteiger partial charge in [0.05, 0.1) is 12.0 Å². The van der Waals surface area contributed by atoms with E-state index in [1.165, 1.54) is 0 Å². The van der Waals surface area contributed by atoms with Gasteiger partial charge < -0.3 is 4.98 Å². The second kappa shape index (κ2) is 18.7. The van der Waals surface area contributed by atoms with Crippen LogP contribution in [0.4, 0.5) is 0 Å². The minimum absolute atomic E-state index is 0.970. The van der Waals surface area contributed by atoms with Crippen LogP contribution in [0.1, 0.15) is 59.9 Å². The van der Waals surface area contributed by atoms with Crippen molar-refractivity contribution in [3.8, 4) is 0 Å². The highest BCUT2D eigenvalue weighted by atomic mass is 14.9. The molecule has 0 spiro atoms. The van der Waals surface area contributed by atoms with Crippen molar-refractivity contribution in [1.82, 2.24) is 9.97 Å². The molecule has 0 bridgehead atoms. The normalized spacial score (nSPS) is 6.87. The molecule has 0 aliphatic heterocycles. The highest BCUT2D eigenvalue weighted by molar-refractivity contribution is 5.44. The van der Waals surface area contributed by atoms with Crippen LogP contribution in [0.3, 0.4) is 0 Å². The number of hydrogen-bond donors (Lipinski definition) is 1. The third-order valence-corrected chi connectivity index (χ3v) is 1.30. The Morgan fingerprint density at radius 1 is 1.20 bits per heavy atom. The van der Waals surface area contributed by atoms with Gasteiger partial charge in [0.2, 0.25) is 0 Å². The number of nitrogens with one attached hydrogen (secondary N) is 1. The first-order chi connectivity index (χ1) is 7.38. The Kier molecular flexibility index (Phi) is 24.3. The van der Waals surface area contributed by atoms with Gasteiger partial charge >= 0.3 is 0 Å². The molecule has 0 atom stereocenters. The van der Waals surface area contributed by atoms with Crippen LogP contribution in [0.5, 0.6) is 0 Å². The first kappa shape index (κ1) is 19.5. The fraction of sp³-hybridized carbons (Fsp3) is 0.615. The van der Waals surface area contributed by atoms with Gasteiger partial charge in [0.25, 0.3) is 0 Å². The summed E-state index contributed by atoms with van der Waals surface area (Å²) in [6.45, 7) is 17.7. The quantitative estimate of drug-likeness (QED) is 0.756. The lowest BCUT2D eigenvalue weighted by Gasteiger charge is -1.88. The van der Waals surface area contributed by atoms with Crippen LogP contribution in [0.2, 0.25) is 0 Å². The third kappa shape index (κ3) is 9.26. The standard InChI is InChI=1S/C7H10N2.3C2H6/c1-3-6-7(4-2)9-5-8-6;3*1-2/h3,5H,1,4H2,2H3,(H,8,9);3*1-2H3. The van der Waals surface area contributed by atoms with E-state index in [0.29, 0.717) is 0 Å². The summed E-state index contributed by atoms with van der Waals surface area (Å²) in [5.74, 6) is 0. The summed E-state index contributed by atoms with van der Waals surface area (Å²) in [4.78, 5) is 7.06. The first-order valence-corrected chi connectivity index (χ1v) is 6.03. The summed E-state index contributed by atoms with van der Waals surface area (Å²) < 4.78 is 0. The molecule has 2 nitrogen and oxygen atoms in total. The van der Waals surface area contributed by atoms with E-state index < -0.39 is 0 Å². The molecule has 0 saturated heterocycles. The Balaban J connectivity index is -0.000000208. The zero-order valence-corrected chi connectivity index (χ0v) is 11.5. The number of hydrogen-bond acceptors (Lipinski definition) is 1. The Hall–Kier alpha value is -1.05. The molecular weight excluding hydrogens is 184 g/mol. The molecule has 0 amide bonds. The number of H-pyrrole nitrogens is 1. The van der Waals surface area contributed by atoms with E-state index in [-0.39, 0.29) is 0 Å². The molecule has 1 N–H and O–H groups in total. The molecule has 0 saturated carbocycles. The van der Waals surface area contributed by atoms with E-state index in [4.69, 9.17) is 0 Å². The van der Waals surface area contributed by atoms with E-state index in [1.807, 2.05) is 41.5 Å². The van der Waals surface area contributed by atoms with Crippen LogP contribution in [0.15, 0.2) is 12.9 Å². The van der Waals surface area contributed by atoms with E-state index in [9.17, 15) is 0 Å². The molecule has 0 aromatic carbocycles. The number of imidazole rings is 1. The predicted molar refractivity (Wildman–Crippen MR) is 72.1 cm³/mol. The number of aromatic nitrogens is 2. The second-order valence-electron chi connectivity index (χ2n) is 1.82. The molecule has 1 heterocycles. The van der Waals surface area contributed by atoms with Gasteiger partial charge in [0.1, 0.15) is 0 Å². The molecule has 2 heteroatoms. The lowest BCUT2D eigenvalue weighted by molar-refractivity contribution is 1.06. The van der Waals surface area contributed by atoms with Crippen LogP contribution >= 0.6 is 0 Å². The zero-order valence-electron chi connectivity index (χ0n) is 11.5. The van der Waals surface area contributed by atoms with Gasteiger partial charge in [-0.25, -0.2) is 4.98 Å². The molecule has 0 aliphatic rings. The van der Waals surface area contributed by atoms with E-state index in [2.05, 4.69) is 23.5 Å². The number of aryl methyl sites for hydroxylation is 1. The fourth-order valence-corrected chi connectivity index (χ4v) is 0.791. The van der Waals surface area contributed by atoms with Crippen molar-refractivity contribution in [1.29, 1.82) is 0 Å². The van der Waals surface area contributed by atoms with Crippen molar-refractivity contribution >= 4 is 6.08 Å². The van der Waals surface area contributed by atoms with E-state index >= 15 is 0 Å². The van der Waals surface area contributed by atoms with Gasteiger partial charge in [-0.3, -0.25) is 0 Å². The molecule has 1 aromatic rings. The third-order valence-electron chi connectivity index (χ3n) is 1.30. The topological polar surface area (TPSA) is 28.7 Å². The van der Waals surface area contributed by atoms with Crippen molar-refractivity contribution in [3.63, 3.8) is 0 Å². The fourth-order valence-electron chi connectivity index (χ4n) is 0.791. The molecule has 15 heavy (non-hydrogen) atoms. The second-order valence-corrected chi connectivity index (χ2v) is 1.82. The van der Waals surface area contributed by atoms with Crippen molar-refractivity contribution in [2.75, 3.05) is 0 Å². The molecule has 90 valence electrons. The summed E-state index contributed by atoms with van der Waals surface area (Å²) in [6, 6.07) is 0. The van der Waals surface area contributed by atoms with Crippen LogP contribution in [-0.4, -0.2) is 9.97 Å². The average molecular weight is 212 g/mol. The van der Waals surface area contributed by atoms with E-state index in [0.717, 1.165) is 17.8 Å². The van der Waals surface area contributed by atoms with Gasteiger partial charge in [0.15, 0.2) is 0 Å². The minimum Gasteiger partial charge on any atom is -0.348 e. The molecular formula is C13H28N2. The SMILES string of the molecule is C=Cc1nc[nH]c1CC.CC.CC.CC. The highest BCUT2D eigenvalue weighted by Crippen LogP contribution is 2.03. The van der Waals surface area contributed by atoms with Gasteiger partial charge in [-0.2, -0.15) is 0 Å². The van der Waals surface area contributed by atoms with Crippen LogP contribution < -0.4 is 0 Å². The van der Waals surface area contributed by atoms with Gasteiger partial charge in [-0.1, -0.05) is 55.0 Å². The molecule has 0 fully saturated rings. The van der Waals surface area contributed by atoms with E-state index in [1.54, 1.807) is 12.4 Å². The number of nitrogens with zero attached hydrogens (tertiary/aromatic N) is 1. The van der Waals surface area contributed by atoms with Gasteiger partial charge in [-0.05, 0) is 12.5 Å². The molecule has 0 radical (unpaired) electrons. The van der Waals surface area contributed by atoms with Crippen LogP contribution in [-0.2, 0) is 6.42 Å². The van der Waals surface area contributed by atoms with Gasteiger partial charge in [-0.15, -0.1) is 0 Å². The first-order valence-electron chi connectivity index (χ1n) is 6.03. The van der Waals surface area contributed by atoms with Crippen molar-refractivity contribution in [3.05, 3.63) is 24.3 Å². The minimum atomic E-state index is 0.970. The molecule has 1 rings (SSSR count). The van der Waals surface area contributed by atoms with Crippen LogP contribution in [0.25, 0.3) is 6.08 Å². The summed E-state index contributed by atoms with van der Waals surface area (Å²) in [5.41, 5.74) is 2.13.